The molecule has 1 aliphatic rings. The molecule has 1 atom stereocenters. The van der Waals surface area contributed by atoms with Crippen LogP contribution in [0.25, 0.3) is 0 Å². The molecule has 2 rings (SSSR count). The number of rotatable bonds is 4. The Morgan fingerprint density at radius 2 is 1.74 bits per heavy atom. The van der Waals surface area contributed by atoms with Crippen molar-refractivity contribution in [2.75, 3.05) is 6.54 Å². The van der Waals surface area contributed by atoms with E-state index < -0.39 is 11.7 Å². The van der Waals surface area contributed by atoms with E-state index in [9.17, 15) is 13.2 Å². The molecule has 0 heterocycles. The lowest BCUT2D eigenvalue weighted by Crippen LogP contribution is -2.35. The van der Waals surface area contributed by atoms with E-state index in [-0.39, 0.29) is 6.04 Å². The summed E-state index contributed by atoms with van der Waals surface area (Å²) < 4.78 is 37.5. The number of nitrogens with two attached hydrogens (primary N) is 1. The maximum Gasteiger partial charge on any atom is 0.416 e. The van der Waals surface area contributed by atoms with Gasteiger partial charge in [-0.05, 0) is 30.5 Å². The van der Waals surface area contributed by atoms with E-state index in [4.69, 9.17) is 5.73 Å². The molecule has 1 aliphatic carbocycles. The molecular weight excluding hydrogens is 253 g/mol. The van der Waals surface area contributed by atoms with E-state index in [1.165, 1.54) is 25.0 Å². The highest BCUT2D eigenvalue weighted by Gasteiger charge is 2.30. The highest BCUT2D eigenvalue weighted by molar-refractivity contribution is 5.27. The van der Waals surface area contributed by atoms with Crippen LogP contribution in [0.1, 0.15) is 42.9 Å². The molecule has 0 aromatic heterocycles. The smallest absolute Gasteiger partial charge is 0.329 e. The van der Waals surface area contributed by atoms with E-state index in [1.807, 2.05) is 0 Å². The zero-order valence-electron chi connectivity index (χ0n) is 10.7. The largest absolute Gasteiger partial charge is 0.416 e. The second kappa shape index (κ2) is 5.92. The maximum atomic E-state index is 12.5. The zero-order valence-corrected chi connectivity index (χ0v) is 10.7. The van der Waals surface area contributed by atoms with E-state index in [0.29, 0.717) is 12.6 Å². The van der Waals surface area contributed by atoms with Crippen molar-refractivity contribution in [1.82, 2.24) is 5.32 Å². The number of hydrogen-bond acceptors (Lipinski definition) is 2. The van der Waals surface area contributed by atoms with Gasteiger partial charge in [0.25, 0.3) is 0 Å². The topological polar surface area (TPSA) is 38.0 Å². The first kappa shape index (κ1) is 14.3. The molecule has 0 saturated heterocycles. The molecule has 1 unspecified atom stereocenters. The van der Waals surface area contributed by atoms with Crippen LogP contribution in [0, 0.1) is 0 Å². The Hall–Kier alpha value is -1.07. The summed E-state index contributed by atoms with van der Waals surface area (Å²) in [5.74, 6) is 0. The lowest BCUT2D eigenvalue weighted by atomic mass is 10.0. The monoisotopic (exact) mass is 272 g/mol. The predicted octanol–water partition coefficient (Wildman–Crippen LogP) is 3.24. The first-order valence-corrected chi connectivity index (χ1v) is 6.64. The first-order valence-electron chi connectivity index (χ1n) is 6.64. The molecule has 106 valence electrons. The molecular formula is C14H19F3N2. The van der Waals surface area contributed by atoms with Gasteiger partial charge < -0.3 is 11.1 Å². The van der Waals surface area contributed by atoms with Crippen LogP contribution in [0.15, 0.2) is 24.3 Å². The summed E-state index contributed by atoms with van der Waals surface area (Å²) in [4.78, 5) is 0. The van der Waals surface area contributed by atoms with Crippen molar-refractivity contribution in [3.63, 3.8) is 0 Å². The average molecular weight is 272 g/mol. The Kier molecular flexibility index (Phi) is 4.47. The normalized spacial score (nSPS) is 18.7. The standard InChI is InChI=1S/C14H19F3N2/c15-14(16,17)11-7-5-10(6-8-11)13(9-18)19-12-3-1-2-4-12/h5-8,12-13,19H,1-4,9,18H2. The number of hydrogen-bond donors (Lipinski definition) is 2. The van der Waals surface area contributed by atoms with E-state index >= 15 is 0 Å². The van der Waals surface area contributed by atoms with Crippen LogP contribution in [0.5, 0.6) is 0 Å². The SMILES string of the molecule is NCC(NC1CCCC1)c1ccc(C(F)(F)F)cc1. The minimum atomic E-state index is -4.28. The molecule has 3 N–H and O–H groups in total. The van der Waals surface area contributed by atoms with Crippen molar-refractivity contribution in [2.24, 2.45) is 5.73 Å². The van der Waals surface area contributed by atoms with Gasteiger partial charge in [0.05, 0.1) is 5.56 Å². The van der Waals surface area contributed by atoms with Gasteiger partial charge in [0, 0.05) is 18.6 Å². The molecule has 19 heavy (non-hydrogen) atoms. The minimum absolute atomic E-state index is 0.0645. The number of halogens is 3. The summed E-state index contributed by atoms with van der Waals surface area (Å²) in [6, 6.07) is 5.65. The fourth-order valence-electron chi connectivity index (χ4n) is 2.58. The van der Waals surface area contributed by atoms with Crippen molar-refractivity contribution >= 4 is 0 Å². The van der Waals surface area contributed by atoms with Gasteiger partial charge in [-0.2, -0.15) is 13.2 Å². The summed E-state index contributed by atoms with van der Waals surface area (Å²) >= 11 is 0. The van der Waals surface area contributed by atoms with Crippen molar-refractivity contribution in [3.8, 4) is 0 Å². The second-order valence-electron chi connectivity index (χ2n) is 5.06. The Bertz CT molecular complexity index is 394. The highest BCUT2D eigenvalue weighted by Crippen LogP contribution is 2.30. The zero-order chi connectivity index (χ0) is 13.9. The Balaban J connectivity index is 2.05. The van der Waals surface area contributed by atoms with Gasteiger partial charge in [-0.15, -0.1) is 0 Å². The van der Waals surface area contributed by atoms with Crippen LogP contribution in [0.2, 0.25) is 0 Å². The number of nitrogens with one attached hydrogen (secondary N) is 1. The summed E-state index contributed by atoms with van der Waals surface area (Å²) in [6.45, 7) is 0.391. The fourth-order valence-corrected chi connectivity index (χ4v) is 2.58. The van der Waals surface area contributed by atoms with Gasteiger partial charge in [0.15, 0.2) is 0 Å². The molecule has 0 aliphatic heterocycles. The summed E-state index contributed by atoms with van der Waals surface area (Å²) in [5.41, 5.74) is 5.93. The van der Waals surface area contributed by atoms with Crippen molar-refractivity contribution in [1.29, 1.82) is 0 Å². The summed E-state index contributed by atoms with van der Waals surface area (Å²) in [7, 11) is 0. The molecule has 1 saturated carbocycles. The fraction of sp³-hybridized carbons (Fsp3) is 0.571. The van der Waals surface area contributed by atoms with E-state index in [1.54, 1.807) is 0 Å². The first-order chi connectivity index (χ1) is 9.00. The van der Waals surface area contributed by atoms with Gasteiger partial charge in [-0.25, -0.2) is 0 Å². The molecule has 0 radical (unpaired) electrons. The lowest BCUT2D eigenvalue weighted by molar-refractivity contribution is -0.137. The highest BCUT2D eigenvalue weighted by atomic mass is 19.4. The van der Waals surface area contributed by atoms with Gasteiger partial charge in [0.1, 0.15) is 0 Å². The molecule has 0 spiro atoms. The third-order valence-electron chi connectivity index (χ3n) is 3.67. The van der Waals surface area contributed by atoms with Crippen molar-refractivity contribution < 1.29 is 13.2 Å². The Labute approximate surface area is 111 Å². The molecule has 5 heteroatoms. The van der Waals surface area contributed by atoms with Crippen LogP contribution in [0.3, 0.4) is 0 Å². The van der Waals surface area contributed by atoms with Crippen LogP contribution < -0.4 is 11.1 Å². The number of benzene rings is 1. The minimum Gasteiger partial charge on any atom is -0.329 e. The van der Waals surface area contributed by atoms with Crippen molar-refractivity contribution in [2.45, 2.75) is 43.9 Å². The van der Waals surface area contributed by atoms with Crippen LogP contribution >= 0.6 is 0 Å². The molecule has 1 aromatic rings. The second-order valence-corrected chi connectivity index (χ2v) is 5.06. The summed E-state index contributed by atoms with van der Waals surface area (Å²) in [6.07, 6.45) is 0.383. The van der Waals surface area contributed by atoms with E-state index in [2.05, 4.69) is 5.32 Å². The molecule has 0 amide bonds. The third kappa shape index (κ3) is 3.70. The van der Waals surface area contributed by atoms with Crippen LogP contribution in [-0.2, 0) is 6.18 Å². The average Bonchev–Trinajstić information content (AvgIpc) is 2.88. The Morgan fingerprint density at radius 1 is 1.16 bits per heavy atom. The van der Waals surface area contributed by atoms with Crippen LogP contribution in [0.4, 0.5) is 13.2 Å². The van der Waals surface area contributed by atoms with E-state index in [0.717, 1.165) is 30.5 Å². The third-order valence-corrected chi connectivity index (χ3v) is 3.67. The van der Waals surface area contributed by atoms with Gasteiger partial charge in [0.2, 0.25) is 0 Å². The van der Waals surface area contributed by atoms with Gasteiger partial charge >= 0.3 is 6.18 Å². The van der Waals surface area contributed by atoms with Gasteiger partial charge in [-0.3, -0.25) is 0 Å². The molecule has 0 bridgehead atoms. The quantitative estimate of drug-likeness (QED) is 0.883. The number of alkyl halides is 3. The molecule has 1 aromatic carbocycles. The summed E-state index contributed by atoms with van der Waals surface area (Å²) in [5, 5.41) is 3.43. The Morgan fingerprint density at radius 3 is 2.21 bits per heavy atom. The molecule has 2 nitrogen and oxygen atoms in total. The van der Waals surface area contributed by atoms with Gasteiger partial charge in [-0.1, -0.05) is 25.0 Å². The molecule has 1 fully saturated rings. The predicted molar refractivity (Wildman–Crippen MR) is 68.6 cm³/mol. The maximum absolute atomic E-state index is 12.5. The van der Waals surface area contributed by atoms with Crippen LogP contribution in [-0.4, -0.2) is 12.6 Å². The lowest BCUT2D eigenvalue weighted by Gasteiger charge is -2.22. The van der Waals surface area contributed by atoms with Crippen molar-refractivity contribution in [3.05, 3.63) is 35.4 Å².